The fourth-order valence-corrected chi connectivity index (χ4v) is 2.22. The second kappa shape index (κ2) is 7.88. The molecule has 0 spiro atoms. The van der Waals surface area contributed by atoms with Crippen molar-refractivity contribution in [3.05, 3.63) is 59.0 Å². The van der Waals surface area contributed by atoms with Crippen LogP contribution in [0.15, 0.2) is 40.8 Å². The molecule has 1 aromatic carbocycles. The molecule has 1 N–H and O–H groups in total. The molecule has 0 aliphatic carbocycles. The first-order valence-corrected chi connectivity index (χ1v) is 7.14. The molecule has 1 aromatic heterocycles. The summed E-state index contributed by atoms with van der Waals surface area (Å²) in [6.45, 7) is 4.14. The van der Waals surface area contributed by atoms with Crippen LogP contribution in [0, 0.1) is 6.92 Å². The summed E-state index contributed by atoms with van der Waals surface area (Å²) in [6.07, 6.45) is 2.09. The van der Waals surface area contributed by atoms with Crippen LogP contribution >= 0.6 is 0 Å². The number of ether oxygens (including phenoxy) is 1. The number of furan rings is 1. The molecular formula is C17H23NO2. The topological polar surface area (TPSA) is 34.4 Å². The monoisotopic (exact) mass is 273 g/mol. The van der Waals surface area contributed by atoms with Gasteiger partial charge in [-0.05, 0) is 38.4 Å². The molecule has 3 nitrogen and oxygen atoms in total. The third-order valence-electron chi connectivity index (χ3n) is 3.28. The maximum absolute atomic E-state index is 5.67. The molecule has 20 heavy (non-hydrogen) atoms. The van der Waals surface area contributed by atoms with E-state index in [0.29, 0.717) is 6.61 Å². The standard InChI is InChI=1S/C17H23NO2/c1-14-16(12-18-2)11-17(20-14)13-19-10-6-9-15-7-4-3-5-8-15/h3-5,7-8,11,18H,6,9-10,12-13H2,1-2H3. The molecule has 2 aromatic rings. The van der Waals surface area contributed by atoms with Crippen molar-refractivity contribution in [1.82, 2.24) is 5.32 Å². The van der Waals surface area contributed by atoms with Crippen LogP contribution in [0.3, 0.4) is 0 Å². The second-order valence-electron chi connectivity index (χ2n) is 4.97. The Balaban J connectivity index is 1.67. The van der Waals surface area contributed by atoms with E-state index >= 15 is 0 Å². The van der Waals surface area contributed by atoms with Crippen molar-refractivity contribution in [3.63, 3.8) is 0 Å². The predicted molar refractivity (Wildman–Crippen MR) is 80.6 cm³/mol. The summed E-state index contributed by atoms with van der Waals surface area (Å²) in [6, 6.07) is 12.6. The highest BCUT2D eigenvalue weighted by Crippen LogP contribution is 2.15. The fourth-order valence-electron chi connectivity index (χ4n) is 2.22. The summed E-state index contributed by atoms with van der Waals surface area (Å²) in [7, 11) is 1.94. The van der Waals surface area contributed by atoms with Gasteiger partial charge in [0.05, 0.1) is 0 Å². The van der Waals surface area contributed by atoms with Gasteiger partial charge in [0, 0.05) is 18.7 Å². The zero-order valence-electron chi connectivity index (χ0n) is 12.3. The molecule has 0 amide bonds. The van der Waals surface area contributed by atoms with E-state index in [2.05, 4.69) is 35.6 Å². The summed E-state index contributed by atoms with van der Waals surface area (Å²) in [4.78, 5) is 0. The van der Waals surface area contributed by atoms with Crippen molar-refractivity contribution < 1.29 is 9.15 Å². The van der Waals surface area contributed by atoms with Gasteiger partial charge in [0.15, 0.2) is 0 Å². The molecule has 0 unspecified atom stereocenters. The molecular weight excluding hydrogens is 250 g/mol. The molecule has 3 heteroatoms. The molecule has 0 saturated carbocycles. The molecule has 1 heterocycles. The van der Waals surface area contributed by atoms with E-state index in [9.17, 15) is 0 Å². The summed E-state index contributed by atoms with van der Waals surface area (Å²) in [5, 5.41) is 3.13. The van der Waals surface area contributed by atoms with Crippen LogP contribution in [0.4, 0.5) is 0 Å². The zero-order chi connectivity index (χ0) is 14.2. The number of benzene rings is 1. The van der Waals surface area contributed by atoms with Gasteiger partial charge in [-0.1, -0.05) is 30.3 Å². The Morgan fingerprint density at radius 2 is 2.00 bits per heavy atom. The minimum atomic E-state index is 0.555. The summed E-state index contributed by atoms with van der Waals surface area (Å²) in [5.74, 6) is 1.88. The van der Waals surface area contributed by atoms with Gasteiger partial charge >= 0.3 is 0 Å². The molecule has 0 atom stereocenters. The van der Waals surface area contributed by atoms with Crippen LogP contribution in [-0.2, 0) is 24.3 Å². The van der Waals surface area contributed by atoms with Gasteiger partial charge in [0.2, 0.25) is 0 Å². The molecule has 0 fully saturated rings. The summed E-state index contributed by atoms with van der Waals surface area (Å²) < 4.78 is 11.3. The van der Waals surface area contributed by atoms with Gasteiger partial charge in [-0.2, -0.15) is 0 Å². The van der Waals surface area contributed by atoms with Crippen LogP contribution in [0.25, 0.3) is 0 Å². The van der Waals surface area contributed by atoms with Gasteiger partial charge in [-0.25, -0.2) is 0 Å². The van der Waals surface area contributed by atoms with E-state index in [-0.39, 0.29) is 0 Å². The molecule has 0 radical (unpaired) electrons. The Morgan fingerprint density at radius 1 is 1.20 bits per heavy atom. The van der Waals surface area contributed by atoms with E-state index < -0.39 is 0 Å². The number of hydrogen-bond acceptors (Lipinski definition) is 3. The highest BCUT2D eigenvalue weighted by atomic mass is 16.5. The molecule has 2 rings (SSSR count). The maximum Gasteiger partial charge on any atom is 0.130 e. The van der Waals surface area contributed by atoms with Crippen LogP contribution in [-0.4, -0.2) is 13.7 Å². The van der Waals surface area contributed by atoms with E-state index in [0.717, 1.165) is 37.5 Å². The fraction of sp³-hybridized carbons (Fsp3) is 0.412. The van der Waals surface area contributed by atoms with Crippen LogP contribution in [0.5, 0.6) is 0 Å². The van der Waals surface area contributed by atoms with E-state index in [4.69, 9.17) is 9.15 Å². The highest BCUT2D eigenvalue weighted by molar-refractivity contribution is 5.20. The minimum absolute atomic E-state index is 0.555. The lowest BCUT2D eigenvalue weighted by Gasteiger charge is -2.02. The van der Waals surface area contributed by atoms with Gasteiger partial charge in [-0.3, -0.25) is 0 Å². The Kier molecular flexibility index (Phi) is 5.84. The lowest BCUT2D eigenvalue weighted by molar-refractivity contribution is 0.103. The first-order chi connectivity index (χ1) is 9.79. The molecule has 0 bridgehead atoms. The van der Waals surface area contributed by atoms with Gasteiger partial charge < -0.3 is 14.5 Å². The Morgan fingerprint density at radius 3 is 2.75 bits per heavy atom. The first kappa shape index (κ1) is 14.8. The average molecular weight is 273 g/mol. The van der Waals surface area contributed by atoms with Crippen LogP contribution in [0.1, 0.15) is 29.1 Å². The van der Waals surface area contributed by atoms with Crippen molar-refractivity contribution in [3.8, 4) is 0 Å². The first-order valence-electron chi connectivity index (χ1n) is 7.14. The number of nitrogens with one attached hydrogen (secondary N) is 1. The Hall–Kier alpha value is -1.58. The Labute approximate surface area is 121 Å². The smallest absolute Gasteiger partial charge is 0.130 e. The number of aryl methyl sites for hydroxylation is 2. The van der Waals surface area contributed by atoms with Gasteiger partial charge in [-0.15, -0.1) is 0 Å². The quantitative estimate of drug-likeness (QED) is 0.748. The third kappa shape index (κ3) is 4.51. The third-order valence-corrected chi connectivity index (χ3v) is 3.28. The highest BCUT2D eigenvalue weighted by Gasteiger charge is 2.06. The second-order valence-corrected chi connectivity index (χ2v) is 4.97. The Bertz CT molecular complexity index is 505. The summed E-state index contributed by atoms with van der Waals surface area (Å²) in [5.41, 5.74) is 2.57. The van der Waals surface area contributed by atoms with E-state index in [1.807, 2.05) is 20.0 Å². The summed E-state index contributed by atoms with van der Waals surface area (Å²) >= 11 is 0. The van der Waals surface area contributed by atoms with Gasteiger partial charge in [0.25, 0.3) is 0 Å². The SMILES string of the molecule is CNCc1cc(COCCCc2ccccc2)oc1C. The van der Waals surface area contributed by atoms with Crippen molar-refractivity contribution in [2.75, 3.05) is 13.7 Å². The predicted octanol–water partition coefficient (Wildman–Crippen LogP) is 3.46. The minimum Gasteiger partial charge on any atom is -0.464 e. The van der Waals surface area contributed by atoms with Crippen molar-refractivity contribution in [1.29, 1.82) is 0 Å². The van der Waals surface area contributed by atoms with Crippen molar-refractivity contribution in [2.24, 2.45) is 0 Å². The zero-order valence-corrected chi connectivity index (χ0v) is 12.3. The van der Waals surface area contributed by atoms with Crippen molar-refractivity contribution in [2.45, 2.75) is 32.9 Å². The van der Waals surface area contributed by atoms with E-state index in [1.54, 1.807) is 0 Å². The number of rotatable bonds is 8. The molecule has 0 aliphatic rings. The largest absolute Gasteiger partial charge is 0.464 e. The molecule has 108 valence electrons. The lowest BCUT2D eigenvalue weighted by Crippen LogP contribution is -2.04. The van der Waals surface area contributed by atoms with Crippen LogP contribution in [0.2, 0.25) is 0 Å². The van der Waals surface area contributed by atoms with Crippen LogP contribution < -0.4 is 5.32 Å². The number of hydrogen-bond donors (Lipinski definition) is 1. The van der Waals surface area contributed by atoms with E-state index in [1.165, 1.54) is 11.1 Å². The lowest BCUT2D eigenvalue weighted by atomic mass is 10.1. The van der Waals surface area contributed by atoms with Gasteiger partial charge in [0.1, 0.15) is 18.1 Å². The van der Waals surface area contributed by atoms with Crippen molar-refractivity contribution >= 4 is 0 Å². The maximum atomic E-state index is 5.67. The average Bonchev–Trinajstić information content (AvgIpc) is 2.80. The molecule has 0 saturated heterocycles. The molecule has 0 aliphatic heterocycles. The normalized spacial score (nSPS) is 10.9.